The van der Waals surface area contributed by atoms with Gasteiger partial charge in [0.2, 0.25) is 0 Å². The highest BCUT2D eigenvalue weighted by Gasteiger charge is 2.42. The average molecular weight is 581 g/mol. The lowest BCUT2D eigenvalue weighted by molar-refractivity contribution is -0.160. The van der Waals surface area contributed by atoms with Crippen LogP contribution < -0.4 is 16.8 Å². The Morgan fingerprint density at radius 1 is 1.24 bits per heavy atom. The Morgan fingerprint density at radius 2 is 1.95 bits per heavy atom. The number of carboxylic acid groups (broad SMARTS) is 1. The zero-order chi connectivity index (χ0) is 30.7. The molecule has 12 heteroatoms. The van der Waals surface area contributed by atoms with E-state index >= 15 is 0 Å². The first-order valence-electron chi connectivity index (χ1n) is 14.5. The van der Waals surface area contributed by atoms with Gasteiger partial charge in [0.25, 0.3) is 0 Å². The van der Waals surface area contributed by atoms with E-state index in [0.29, 0.717) is 38.6 Å². The fraction of sp³-hybridized carbons (Fsp3) is 0.724. The minimum absolute atomic E-state index is 0.0145. The second-order valence-corrected chi connectivity index (χ2v) is 11.4. The number of hydrogen-bond donors (Lipinski definition) is 7. The van der Waals surface area contributed by atoms with Crippen molar-refractivity contribution in [3.8, 4) is 0 Å². The Bertz CT molecular complexity index is 970. The molecule has 0 aromatic heterocycles. The molecule has 0 fully saturated rings. The van der Waals surface area contributed by atoms with Crippen molar-refractivity contribution in [2.24, 2.45) is 35.1 Å². The van der Waals surface area contributed by atoms with E-state index in [9.17, 15) is 29.7 Å². The molecule has 0 aliphatic heterocycles. The van der Waals surface area contributed by atoms with Crippen LogP contribution in [0, 0.1) is 29.1 Å². The van der Waals surface area contributed by atoms with Crippen molar-refractivity contribution in [1.82, 2.24) is 5.32 Å². The standard InChI is InChI=1S/C29H48N4O8/c1-4-16(2)27(38)41-24-14-20(35)12-18-8-7-17(3)22(26(18)24)10-9-19(34)13-21(15-25(36)37)40-28(39)23(30)6-5-11-33-29(31)32/h7-8,12,16-17,19-24,26,34-35H,4-6,9-11,13-15,30H2,1-3H3,(H,36,37)(H4,31,32,33)/t16-,17-,19+,20+,21+,22-,23-,24-,26-/m0/s1. The third-order valence-electron chi connectivity index (χ3n) is 8.02. The maximum Gasteiger partial charge on any atom is 0.323 e. The fourth-order valence-corrected chi connectivity index (χ4v) is 5.51. The average Bonchev–Trinajstić information content (AvgIpc) is 2.89. The lowest BCUT2D eigenvalue weighted by atomic mass is 9.66. The van der Waals surface area contributed by atoms with Crippen LogP contribution in [0.1, 0.15) is 72.1 Å². The predicted octanol–water partition coefficient (Wildman–Crippen LogP) is 1.58. The second-order valence-electron chi connectivity index (χ2n) is 11.4. The van der Waals surface area contributed by atoms with Gasteiger partial charge in [-0.2, -0.15) is 0 Å². The van der Waals surface area contributed by atoms with Crippen LogP contribution in [0.15, 0.2) is 23.8 Å². The van der Waals surface area contributed by atoms with Gasteiger partial charge in [-0.3, -0.25) is 19.8 Å². The number of nitrogens with two attached hydrogens (primary N) is 2. The summed E-state index contributed by atoms with van der Waals surface area (Å²) < 4.78 is 11.3. The van der Waals surface area contributed by atoms with E-state index in [0.717, 1.165) is 5.57 Å². The van der Waals surface area contributed by atoms with Crippen LogP contribution in [0.4, 0.5) is 0 Å². The topological polar surface area (TPSA) is 218 Å². The fourth-order valence-electron chi connectivity index (χ4n) is 5.51. The van der Waals surface area contributed by atoms with E-state index in [1.165, 1.54) is 0 Å². The largest absolute Gasteiger partial charge is 0.481 e. The van der Waals surface area contributed by atoms with Crippen molar-refractivity contribution in [2.45, 2.75) is 103 Å². The van der Waals surface area contributed by atoms with E-state index in [1.807, 2.05) is 26.0 Å². The highest BCUT2D eigenvalue weighted by atomic mass is 16.6. The highest BCUT2D eigenvalue weighted by Crippen LogP contribution is 2.44. The number of aliphatic hydroxyl groups is 2. The summed E-state index contributed by atoms with van der Waals surface area (Å²) in [5, 5.41) is 40.4. The first kappa shape index (κ1) is 34.2. The molecular formula is C29H48N4O8. The molecule has 0 spiro atoms. The zero-order valence-corrected chi connectivity index (χ0v) is 24.3. The molecule has 9 N–H and O–H groups in total. The lowest BCUT2D eigenvalue weighted by Crippen LogP contribution is -2.43. The molecule has 12 nitrogen and oxygen atoms in total. The van der Waals surface area contributed by atoms with Crippen LogP contribution in [-0.2, 0) is 23.9 Å². The van der Waals surface area contributed by atoms with Crippen LogP contribution in [0.2, 0.25) is 0 Å². The number of carbonyl (C=O) groups is 3. The number of esters is 2. The molecule has 9 atom stereocenters. The summed E-state index contributed by atoms with van der Waals surface area (Å²) in [6.07, 6.45) is 4.62. The molecule has 0 radical (unpaired) electrons. The van der Waals surface area contributed by atoms with E-state index in [1.54, 1.807) is 6.08 Å². The molecule has 0 amide bonds. The number of hydrogen-bond acceptors (Lipinski definition) is 9. The quantitative estimate of drug-likeness (QED) is 0.0601. The number of fused-ring (bicyclic) bond motifs is 1. The SMILES string of the molecule is CC[C@H](C)C(=O)O[C@H]1C[C@H](O)C=C2C=C[C@H](C)[C@H](CC[C@@H](O)C[C@H](CC(=O)O)OC(=O)[C@@H](N)CCCNC(=N)N)[C@H]21. The summed E-state index contributed by atoms with van der Waals surface area (Å²) in [6, 6.07) is -0.978. The van der Waals surface area contributed by atoms with Crippen molar-refractivity contribution in [3.63, 3.8) is 0 Å². The second kappa shape index (κ2) is 16.5. The summed E-state index contributed by atoms with van der Waals surface area (Å²) in [5.41, 5.74) is 12.0. The van der Waals surface area contributed by atoms with Gasteiger partial charge in [-0.15, -0.1) is 0 Å². The van der Waals surface area contributed by atoms with E-state index < -0.39 is 48.8 Å². The van der Waals surface area contributed by atoms with Crippen LogP contribution >= 0.6 is 0 Å². The maximum absolute atomic E-state index is 12.6. The minimum atomic E-state index is -1.17. The van der Waals surface area contributed by atoms with Crippen LogP contribution in [-0.4, -0.2) is 76.2 Å². The van der Waals surface area contributed by atoms with Gasteiger partial charge >= 0.3 is 17.9 Å². The molecule has 2 aliphatic carbocycles. The Labute approximate surface area is 242 Å². The van der Waals surface area contributed by atoms with Crippen molar-refractivity contribution >= 4 is 23.9 Å². The first-order valence-corrected chi connectivity index (χ1v) is 14.5. The van der Waals surface area contributed by atoms with Crippen molar-refractivity contribution in [1.29, 1.82) is 5.41 Å². The Kier molecular flexibility index (Phi) is 13.8. The van der Waals surface area contributed by atoms with Crippen molar-refractivity contribution < 1.29 is 39.2 Å². The Morgan fingerprint density at radius 3 is 2.59 bits per heavy atom. The summed E-state index contributed by atoms with van der Waals surface area (Å²) in [6.45, 7) is 6.15. The van der Waals surface area contributed by atoms with Gasteiger partial charge in [-0.25, -0.2) is 0 Å². The van der Waals surface area contributed by atoms with Gasteiger partial charge < -0.3 is 41.6 Å². The van der Waals surface area contributed by atoms with Crippen LogP contribution in [0.5, 0.6) is 0 Å². The first-order chi connectivity index (χ1) is 19.3. The normalized spacial score (nSPS) is 26.5. The van der Waals surface area contributed by atoms with E-state index in [-0.39, 0.29) is 48.4 Å². The number of carbonyl (C=O) groups excluding carboxylic acids is 2. The molecule has 2 rings (SSSR count). The van der Waals surface area contributed by atoms with E-state index in [4.69, 9.17) is 26.4 Å². The highest BCUT2D eigenvalue weighted by molar-refractivity contribution is 5.76. The number of ether oxygens (including phenoxy) is 2. The number of guanidine groups is 1. The number of allylic oxidation sites excluding steroid dienone is 2. The maximum atomic E-state index is 12.6. The Hall–Kier alpha value is -2.96. The summed E-state index contributed by atoms with van der Waals surface area (Å²) in [7, 11) is 0. The number of nitrogens with one attached hydrogen (secondary N) is 2. The number of aliphatic hydroxyl groups excluding tert-OH is 2. The molecule has 232 valence electrons. The number of carboxylic acids is 1. The molecule has 0 saturated carbocycles. The smallest absolute Gasteiger partial charge is 0.323 e. The van der Waals surface area contributed by atoms with Crippen molar-refractivity contribution in [2.75, 3.05) is 6.54 Å². The molecule has 0 unspecified atom stereocenters. The predicted molar refractivity (Wildman–Crippen MR) is 152 cm³/mol. The third-order valence-corrected chi connectivity index (χ3v) is 8.02. The third kappa shape index (κ3) is 11.1. The molecule has 0 saturated heterocycles. The minimum Gasteiger partial charge on any atom is -0.481 e. The molecule has 2 aliphatic rings. The number of rotatable bonds is 16. The summed E-state index contributed by atoms with van der Waals surface area (Å²) in [4.78, 5) is 36.5. The van der Waals surface area contributed by atoms with Gasteiger partial charge in [0.15, 0.2) is 5.96 Å². The molecular weight excluding hydrogens is 532 g/mol. The summed E-state index contributed by atoms with van der Waals surface area (Å²) in [5.74, 6) is -2.65. The van der Waals surface area contributed by atoms with E-state index in [2.05, 4.69) is 12.2 Å². The van der Waals surface area contributed by atoms with Crippen LogP contribution in [0.3, 0.4) is 0 Å². The molecule has 0 bridgehead atoms. The van der Waals surface area contributed by atoms with Gasteiger partial charge in [0.1, 0.15) is 18.2 Å². The van der Waals surface area contributed by atoms with Gasteiger partial charge in [0, 0.05) is 25.3 Å². The molecule has 0 aromatic carbocycles. The Balaban J connectivity index is 2.02. The monoisotopic (exact) mass is 580 g/mol. The number of aliphatic carboxylic acids is 1. The molecule has 0 heterocycles. The molecule has 0 aromatic rings. The van der Waals surface area contributed by atoms with Gasteiger partial charge in [-0.1, -0.05) is 39.0 Å². The van der Waals surface area contributed by atoms with Gasteiger partial charge in [0.05, 0.1) is 24.5 Å². The lowest BCUT2D eigenvalue weighted by Gasteiger charge is -2.43. The zero-order valence-electron chi connectivity index (χ0n) is 24.3. The van der Waals surface area contributed by atoms with Crippen molar-refractivity contribution in [3.05, 3.63) is 23.8 Å². The molecule has 41 heavy (non-hydrogen) atoms. The van der Waals surface area contributed by atoms with Crippen LogP contribution in [0.25, 0.3) is 0 Å². The van der Waals surface area contributed by atoms with Gasteiger partial charge in [-0.05, 0) is 49.5 Å². The summed E-state index contributed by atoms with van der Waals surface area (Å²) >= 11 is 0.